The lowest BCUT2D eigenvalue weighted by Gasteiger charge is -2.17. The molecule has 0 heterocycles. The molecule has 4 aromatic rings. The topological polar surface area (TPSA) is 77.3 Å². The molecule has 6 nitrogen and oxygen atoms in total. The number of rotatable bonds is 5. The van der Waals surface area contributed by atoms with Gasteiger partial charge in [-0.25, -0.2) is 0 Å². The Balaban J connectivity index is 2.15. The molecule has 0 bridgehead atoms. The number of fused-ring (bicyclic) bond motifs is 2. The van der Waals surface area contributed by atoms with Gasteiger partial charge < -0.3 is 9.47 Å². The zero-order valence-electron chi connectivity index (χ0n) is 15.3. The van der Waals surface area contributed by atoms with E-state index in [4.69, 9.17) is 9.47 Å². The SMILES string of the molecule is COc1ccc2cc(N=O)ccc2c1-c1c(OC)ccc2cc(N=O)ccc12. The lowest BCUT2D eigenvalue weighted by atomic mass is 9.92. The highest BCUT2D eigenvalue weighted by molar-refractivity contribution is 6.10. The third-order valence-corrected chi connectivity index (χ3v) is 4.83. The van der Waals surface area contributed by atoms with E-state index in [9.17, 15) is 9.81 Å². The molecule has 0 saturated heterocycles. The molecule has 4 rings (SSSR count). The molecule has 0 N–H and O–H groups in total. The first-order chi connectivity index (χ1) is 13.7. The van der Waals surface area contributed by atoms with Crippen LogP contribution >= 0.6 is 0 Å². The Morgan fingerprint density at radius 2 is 1.04 bits per heavy atom. The van der Waals surface area contributed by atoms with E-state index in [1.807, 2.05) is 36.4 Å². The van der Waals surface area contributed by atoms with E-state index < -0.39 is 0 Å². The van der Waals surface area contributed by atoms with Gasteiger partial charge in [-0.05, 0) is 68.3 Å². The molecule has 0 aliphatic carbocycles. The maximum Gasteiger partial charge on any atom is 0.127 e. The number of hydrogen-bond acceptors (Lipinski definition) is 6. The highest BCUT2D eigenvalue weighted by Gasteiger charge is 2.19. The third kappa shape index (κ3) is 2.75. The van der Waals surface area contributed by atoms with Crippen LogP contribution in [0.2, 0.25) is 0 Å². The Bertz CT molecular complexity index is 1140. The zero-order valence-corrected chi connectivity index (χ0v) is 15.3. The lowest BCUT2D eigenvalue weighted by Crippen LogP contribution is -1.94. The largest absolute Gasteiger partial charge is 0.496 e. The molecule has 0 amide bonds. The average molecular weight is 372 g/mol. The Hall–Kier alpha value is -3.80. The van der Waals surface area contributed by atoms with E-state index in [0.717, 1.165) is 32.7 Å². The molecule has 0 aromatic heterocycles. The molecular formula is C22H16N2O4. The minimum Gasteiger partial charge on any atom is -0.496 e. The van der Waals surface area contributed by atoms with E-state index in [1.165, 1.54) is 0 Å². The number of nitrogens with zero attached hydrogens (tertiary/aromatic N) is 2. The average Bonchev–Trinajstić information content (AvgIpc) is 2.76. The van der Waals surface area contributed by atoms with Crippen molar-refractivity contribution in [1.82, 2.24) is 0 Å². The minimum absolute atomic E-state index is 0.357. The van der Waals surface area contributed by atoms with E-state index in [-0.39, 0.29) is 0 Å². The van der Waals surface area contributed by atoms with Gasteiger partial charge >= 0.3 is 0 Å². The van der Waals surface area contributed by atoms with E-state index in [1.54, 1.807) is 38.5 Å². The Morgan fingerprint density at radius 1 is 0.607 bits per heavy atom. The van der Waals surface area contributed by atoms with Gasteiger partial charge in [0.1, 0.15) is 22.9 Å². The molecule has 138 valence electrons. The maximum absolute atomic E-state index is 10.9. The number of benzene rings is 4. The quantitative estimate of drug-likeness (QED) is 0.376. The van der Waals surface area contributed by atoms with E-state index in [2.05, 4.69) is 10.4 Å². The third-order valence-electron chi connectivity index (χ3n) is 4.83. The van der Waals surface area contributed by atoms with Gasteiger partial charge in [0.15, 0.2) is 0 Å². The number of ether oxygens (including phenoxy) is 2. The summed E-state index contributed by atoms with van der Waals surface area (Å²) in [6, 6.07) is 18.0. The van der Waals surface area contributed by atoms with Crippen molar-refractivity contribution in [1.29, 1.82) is 0 Å². The molecular weight excluding hydrogens is 356 g/mol. The highest BCUT2D eigenvalue weighted by atomic mass is 16.5. The standard InChI is InChI=1S/C22H16N2O4/c1-27-19-9-3-13-11-15(23-25)5-7-17(13)21(19)22-18-8-6-16(24-26)12-14(18)4-10-20(22)28-2/h3-12H,1-2H3. The summed E-state index contributed by atoms with van der Waals surface area (Å²) >= 11 is 0. The second kappa shape index (κ2) is 7.08. The van der Waals surface area contributed by atoms with E-state index in [0.29, 0.717) is 22.9 Å². The monoisotopic (exact) mass is 372 g/mol. The van der Waals surface area contributed by atoms with Crippen molar-refractivity contribution >= 4 is 32.9 Å². The summed E-state index contributed by atoms with van der Waals surface area (Å²) in [4.78, 5) is 21.9. The summed E-state index contributed by atoms with van der Waals surface area (Å²) in [6.07, 6.45) is 0. The summed E-state index contributed by atoms with van der Waals surface area (Å²) in [5, 5.41) is 9.56. The molecule has 0 spiro atoms. The van der Waals surface area contributed by atoms with Crippen LogP contribution in [0.5, 0.6) is 11.5 Å². The summed E-state index contributed by atoms with van der Waals surface area (Å²) in [7, 11) is 3.22. The van der Waals surface area contributed by atoms with Crippen LogP contribution in [-0.4, -0.2) is 14.2 Å². The molecule has 0 fully saturated rings. The smallest absolute Gasteiger partial charge is 0.127 e. The van der Waals surface area contributed by atoms with Crippen LogP contribution in [0.4, 0.5) is 11.4 Å². The second-order valence-electron chi connectivity index (χ2n) is 6.28. The van der Waals surface area contributed by atoms with Gasteiger partial charge in [-0.2, -0.15) is 0 Å². The second-order valence-corrected chi connectivity index (χ2v) is 6.28. The van der Waals surface area contributed by atoms with Crippen LogP contribution in [-0.2, 0) is 0 Å². The predicted octanol–water partition coefficient (Wildman–Crippen LogP) is 6.47. The van der Waals surface area contributed by atoms with Gasteiger partial charge in [-0.3, -0.25) is 0 Å². The summed E-state index contributed by atoms with van der Waals surface area (Å²) in [6.45, 7) is 0. The van der Waals surface area contributed by atoms with E-state index >= 15 is 0 Å². The van der Waals surface area contributed by atoms with Crippen molar-refractivity contribution in [2.24, 2.45) is 10.4 Å². The summed E-state index contributed by atoms with van der Waals surface area (Å²) in [5.74, 6) is 1.34. The van der Waals surface area contributed by atoms with Gasteiger partial charge in [0.05, 0.1) is 14.2 Å². The number of hydrogen-bond donors (Lipinski definition) is 0. The first-order valence-electron chi connectivity index (χ1n) is 8.58. The van der Waals surface area contributed by atoms with Gasteiger partial charge in [0.25, 0.3) is 0 Å². The molecule has 0 aliphatic rings. The highest BCUT2D eigenvalue weighted by Crippen LogP contribution is 2.46. The number of nitroso groups, excluding NO2 is 2. The van der Waals surface area contributed by atoms with Crippen LogP contribution in [0.1, 0.15) is 0 Å². The van der Waals surface area contributed by atoms with Crippen molar-refractivity contribution < 1.29 is 9.47 Å². The summed E-state index contributed by atoms with van der Waals surface area (Å²) < 4.78 is 11.3. The Kier molecular flexibility index (Phi) is 4.45. The fourth-order valence-electron chi connectivity index (χ4n) is 3.56. The van der Waals surface area contributed by atoms with Crippen LogP contribution < -0.4 is 9.47 Å². The summed E-state index contributed by atoms with van der Waals surface area (Å²) in [5.41, 5.74) is 2.39. The molecule has 0 radical (unpaired) electrons. The first-order valence-corrected chi connectivity index (χ1v) is 8.58. The lowest BCUT2D eigenvalue weighted by molar-refractivity contribution is 0.411. The fourth-order valence-corrected chi connectivity index (χ4v) is 3.56. The fraction of sp³-hybridized carbons (Fsp3) is 0.0909. The van der Waals surface area contributed by atoms with Gasteiger partial charge in [-0.15, -0.1) is 9.81 Å². The molecule has 28 heavy (non-hydrogen) atoms. The number of methoxy groups -OCH3 is 2. The Morgan fingerprint density at radius 3 is 1.39 bits per heavy atom. The van der Waals surface area contributed by atoms with Crippen molar-refractivity contribution in [3.05, 3.63) is 70.5 Å². The molecule has 0 aliphatic heterocycles. The van der Waals surface area contributed by atoms with Gasteiger partial charge in [0.2, 0.25) is 0 Å². The van der Waals surface area contributed by atoms with Crippen molar-refractivity contribution in [2.45, 2.75) is 0 Å². The molecule has 4 aromatic carbocycles. The maximum atomic E-state index is 10.9. The normalized spacial score (nSPS) is 10.8. The predicted molar refractivity (Wildman–Crippen MR) is 111 cm³/mol. The van der Waals surface area contributed by atoms with Crippen molar-refractivity contribution in [3.8, 4) is 22.6 Å². The molecule has 6 heteroatoms. The van der Waals surface area contributed by atoms with Crippen LogP contribution in [0.25, 0.3) is 32.7 Å². The first kappa shape index (κ1) is 17.6. The molecule has 0 unspecified atom stereocenters. The van der Waals surface area contributed by atoms with Crippen molar-refractivity contribution in [3.63, 3.8) is 0 Å². The van der Waals surface area contributed by atoms with Crippen LogP contribution in [0.15, 0.2) is 71.0 Å². The van der Waals surface area contributed by atoms with Gasteiger partial charge in [0, 0.05) is 11.1 Å². The van der Waals surface area contributed by atoms with Crippen molar-refractivity contribution in [2.75, 3.05) is 14.2 Å². The zero-order chi connectivity index (χ0) is 19.7. The van der Waals surface area contributed by atoms with Crippen LogP contribution in [0.3, 0.4) is 0 Å². The minimum atomic E-state index is 0.357. The van der Waals surface area contributed by atoms with Crippen LogP contribution in [0, 0.1) is 9.81 Å². The molecule has 0 atom stereocenters. The van der Waals surface area contributed by atoms with Gasteiger partial charge in [-0.1, -0.05) is 24.3 Å². The molecule has 0 saturated carbocycles. The Labute approximate surface area is 160 Å².